The quantitative estimate of drug-likeness (QED) is 0.619. The first-order valence-corrected chi connectivity index (χ1v) is 5.19. The Bertz CT molecular complexity index is 245. The average molecular weight is 195 g/mol. The number of rotatable bonds is 5. The summed E-state index contributed by atoms with van der Waals surface area (Å²) >= 11 is 0. The fraction of sp³-hybridized carbons (Fsp3) is 0.667. The summed E-state index contributed by atoms with van der Waals surface area (Å²) in [6.45, 7) is 9.97. The Labute approximate surface area is 87.1 Å². The molecular formula is C12H21NO. The smallest absolute Gasteiger partial charge is 0.138 e. The molecule has 0 aromatic heterocycles. The molecule has 80 valence electrons. The van der Waals surface area contributed by atoms with Gasteiger partial charge >= 0.3 is 0 Å². The van der Waals surface area contributed by atoms with Gasteiger partial charge < -0.3 is 0 Å². The highest BCUT2D eigenvalue weighted by Gasteiger charge is 2.03. The lowest BCUT2D eigenvalue weighted by atomic mass is 10.1. The lowest BCUT2D eigenvalue weighted by Crippen LogP contribution is -2.07. The van der Waals surface area contributed by atoms with Crippen LogP contribution in [0.5, 0.6) is 0 Å². The zero-order valence-corrected chi connectivity index (χ0v) is 9.92. The van der Waals surface area contributed by atoms with Crippen molar-refractivity contribution in [1.82, 2.24) is 0 Å². The lowest BCUT2D eigenvalue weighted by Gasteiger charge is -2.03. The largest absolute Gasteiger partial charge is 0.299 e. The number of hydrogen-bond acceptors (Lipinski definition) is 2. The van der Waals surface area contributed by atoms with Gasteiger partial charge in [0.25, 0.3) is 0 Å². The zero-order chi connectivity index (χ0) is 11.1. The third kappa shape index (κ3) is 6.58. The van der Waals surface area contributed by atoms with Gasteiger partial charge in [-0.3, -0.25) is 9.79 Å². The minimum absolute atomic E-state index is 0.252. The van der Waals surface area contributed by atoms with E-state index in [9.17, 15) is 4.79 Å². The third-order valence-corrected chi connectivity index (χ3v) is 1.65. The summed E-state index contributed by atoms with van der Waals surface area (Å²) in [6.07, 6.45) is 3.06. The van der Waals surface area contributed by atoms with Gasteiger partial charge in [-0.1, -0.05) is 12.5 Å². The fourth-order valence-corrected chi connectivity index (χ4v) is 1.13. The highest BCUT2D eigenvalue weighted by molar-refractivity contribution is 6.07. The van der Waals surface area contributed by atoms with Crippen LogP contribution in [0, 0.1) is 0 Å². The first kappa shape index (κ1) is 13.1. The lowest BCUT2D eigenvalue weighted by molar-refractivity contribution is -0.117. The minimum atomic E-state index is 0.252. The van der Waals surface area contributed by atoms with E-state index in [1.165, 1.54) is 5.57 Å². The molecule has 0 aromatic carbocycles. The Balaban J connectivity index is 4.57. The van der Waals surface area contributed by atoms with E-state index in [1.54, 1.807) is 0 Å². The van der Waals surface area contributed by atoms with Crippen LogP contribution in [0.15, 0.2) is 16.6 Å². The molecule has 0 aliphatic rings. The molecule has 0 heterocycles. The van der Waals surface area contributed by atoms with Crippen LogP contribution < -0.4 is 0 Å². The van der Waals surface area contributed by atoms with E-state index in [4.69, 9.17) is 0 Å². The molecule has 0 N–H and O–H groups in total. The first-order chi connectivity index (χ1) is 6.45. The average Bonchev–Trinajstić information content (AvgIpc) is 2.01. The Morgan fingerprint density at radius 1 is 1.36 bits per heavy atom. The van der Waals surface area contributed by atoms with Crippen LogP contribution in [0.4, 0.5) is 0 Å². The molecule has 0 radical (unpaired) electrons. The van der Waals surface area contributed by atoms with Crippen LogP contribution in [0.2, 0.25) is 0 Å². The van der Waals surface area contributed by atoms with Crippen LogP contribution in [-0.4, -0.2) is 17.5 Å². The van der Waals surface area contributed by atoms with Crippen molar-refractivity contribution < 1.29 is 4.79 Å². The fourth-order valence-electron chi connectivity index (χ4n) is 1.13. The van der Waals surface area contributed by atoms with Gasteiger partial charge in [0.2, 0.25) is 0 Å². The molecule has 0 aliphatic heterocycles. The van der Waals surface area contributed by atoms with E-state index in [0.29, 0.717) is 12.8 Å². The van der Waals surface area contributed by atoms with Gasteiger partial charge in [0.15, 0.2) is 0 Å². The normalized spacial score (nSPS) is 11.7. The number of carbonyl (C=O) groups is 1. The van der Waals surface area contributed by atoms with Gasteiger partial charge in [-0.15, -0.1) is 0 Å². The molecule has 0 amide bonds. The van der Waals surface area contributed by atoms with Crippen molar-refractivity contribution in [3.05, 3.63) is 11.6 Å². The van der Waals surface area contributed by atoms with Crippen LogP contribution in [0.25, 0.3) is 0 Å². The molecule has 0 saturated carbocycles. The van der Waals surface area contributed by atoms with E-state index in [0.717, 1.165) is 5.71 Å². The van der Waals surface area contributed by atoms with Crippen molar-refractivity contribution in [3.63, 3.8) is 0 Å². The monoisotopic (exact) mass is 195 g/mol. The molecule has 0 aliphatic carbocycles. The third-order valence-electron chi connectivity index (χ3n) is 1.65. The molecule has 0 saturated heterocycles. The van der Waals surface area contributed by atoms with Crippen molar-refractivity contribution in [1.29, 1.82) is 0 Å². The Kier molecular flexibility index (Phi) is 6.09. The van der Waals surface area contributed by atoms with Gasteiger partial charge in [-0.25, -0.2) is 0 Å². The zero-order valence-electron chi connectivity index (χ0n) is 9.92. The van der Waals surface area contributed by atoms with Gasteiger partial charge in [-0.05, 0) is 33.8 Å². The van der Waals surface area contributed by atoms with Crippen molar-refractivity contribution in [2.24, 2.45) is 4.99 Å². The standard InChI is InChI=1S/C12H21NO/c1-6-12(14)8-11(7-9(2)3)13-10(4)5/h7,10H,6,8H2,1-5H3/b13-11+. The number of Topliss-reactive ketones (excluding diaryl/α,β-unsaturated/α-hetero) is 1. The highest BCUT2D eigenvalue weighted by Crippen LogP contribution is 2.01. The van der Waals surface area contributed by atoms with Gasteiger partial charge in [0, 0.05) is 24.6 Å². The van der Waals surface area contributed by atoms with E-state index in [1.807, 2.05) is 40.7 Å². The topological polar surface area (TPSA) is 29.4 Å². The second-order valence-electron chi connectivity index (χ2n) is 4.00. The SMILES string of the molecule is CCC(=O)C/C(C=C(C)C)=N/C(C)C. The van der Waals surface area contributed by atoms with Gasteiger partial charge in [0.05, 0.1) is 0 Å². The van der Waals surface area contributed by atoms with E-state index in [-0.39, 0.29) is 11.8 Å². The van der Waals surface area contributed by atoms with Crippen molar-refractivity contribution in [2.45, 2.75) is 53.5 Å². The van der Waals surface area contributed by atoms with Gasteiger partial charge in [0.1, 0.15) is 5.78 Å². The summed E-state index contributed by atoms with van der Waals surface area (Å²) in [7, 11) is 0. The molecule has 2 nitrogen and oxygen atoms in total. The summed E-state index contributed by atoms with van der Waals surface area (Å²) < 4.78 is 0. The molecule has 0 spiro atoms. The number of nitrogens with zero attached hydrogens (tertiary/aromatic N) is 1. The molecule has 0 unspecified atom stereocenters. The number of carbonyl (C=O) groups excluding carboxylic acids is 1. The molecule has 0 fully saturated rings. The maximum atomic E-state index is 11.3. The van der Waals surface area contributed by atoms with Gasteiger partial charge in [-0.2, -0.15) is 0 Å². The molecule has 14 heavy (non-hydrogen) atoms. The van der Waals surface area contributed by atoms with Crippen LogP contribution in [-0.2, 0) is 4.79 Å². The number of aliphatic imine (C=N–C) groups is 1. The van der Waals surface area contributed by atoms with Crippen molar-refractivity contribution in [3.8, 4) is 0 Å². The summed E-state index contributed by atoms with van der Waals surface area (Å²) in [5, 5.41) is 0. The number of allylic oxidation sites excluding steroid dienone is 2. The predicted molar refractivity (Wildman–Crippen MR) is 61.9 cm³/mol. The highest BCUT2D eigenvalue weighted by atomic mass is 16.1. The number of ketones is 1. The summed E-state index contributed by atoms with van der Waals surface area (Å²) in [6, 6.07) is 0.255. The Morgan fingerprint density at radius 3 is 2.29 bits per heavy atom. The second-order valence-corrected chi connectivity index (χ2v) is 4.00. The maximum Gasteiger partial charge on any atom is 0.138 e. The molecule has 2 heteroatoms. The van der Waals surface area contributed by atoms with Crippen molar-refractivity contribution in [2.75, 3.05) is 0 Å². The summed E-state index contributed by atoms with van der Waals surface area (Å²) in [5.74, 6) is 0.252. The van der Waals surface area contributed by atoms with E-state index >= 15 is 0 Å². The maximum absolute atomic E-state index is 11.3. The Morgan fingerprint density at radius 2 is 1.93 bits per heavy atom. The molecule has 0 rings (SSSR count). The summed E-state index contributed by atoms with van der Waals surface area (Å²) in [4.78, 5) is 15.7. The minimum Gasteiger partial charge on any atom is -0.299 e. The number of hydrogen-bond donors (Lipinski definition) is 0. The predicted octanol–water partition coefficient (Wildman–Crippen LogP) is 3.17. The van der Waals surface area contributed by atoms with Crippen molar-refractivity contribution >= 4 is 11.5 Å². The molecular weight excluding hydrogens is 174 g/mol. The van der Waals surface area contributed by atoms with E-state index < -0.39 is 0 Å². The Hall–Kier alpha value is -0.920. The van der Waals surface area contributed by atoms with E-state index in [2.05, 4.69) is 4.99 Å². The molecule has 0 aromatic rings. The molecule has 0 atom stereocenters. The van der Waals surface area contributed by atoms with Crippen LogP contribution >= 0.6 is 0 Å². The van der Waals surface area contributed by atoms with Crippen LogP contribution in [0.3, 0.4) is 0 Å². The second kappa shape index (κ2) is 6.52. The first-order valence-electron chi connectivity index (χ1n) is 5.19. The summed E-state index contributed by atoms with van der Waals surface area (Å²) in [5.41, 5.74) is 2.10. The van der Waals surface area contributed by atoms with Crippen LogP contribution in [0.1, 0.15) is 47.5 Å². The molecule has 0 bridgehead atoms.